The van der Waals surface area contributed by atoms with Gasteiger partial charge in [-0.1, -0.05) is 6.07 Å². The number of amides is 1. The first-order valence-electron chi connectivity index (χ1n) is 5.98. The first-order chi connectivity index (χ1) is 8.49. The van der Waals surface area contributed by atoms with Crippen LogP contribution in [0, 0.1) is 13.8 Å². The lowest BCUT2D eigenvalue weighted by Crippen LogP contribution is -2.27. The van der Waals surface area contributed by atoms with Crippen molar-refractivity contribution in [2.45, 2.75) is 26.8 Å². The van der Waals surface area contributed by atoms with Crippen LogP contribution < -0.4 is 4.74 Å². The molecule has 4 heteroatoms. The Hall–Kier alpha value is -1.55. The van der Waals surface area contributed by atoms with Gasteiger partial charge in [0.15, 0.2) is 0 Å². The highest BCUT2D eigenvalue weighted by Gasteiger charge is 2.11. The average Bonchev–Trinajstić information content (AvgIpc) is 2.33. The minimum Gasteiger partial charge on any atom is -0.496 e. The van der Waals surface area contributed by atoms with Crippen LogP contribution in [0.15, 0.2) is 12.1 Å². The van der Waals surface area contributed by atoms with Gasteiger partial charge in [0.1, 0.15) is 5.75 Å². The number of aryl methyl sites for hydroxylation is 2. The highest BCUT2D eigenvalue weighted by Crippen LogP contribution is 2.23. The number of rotatable bonds is 5. The molecule has 1 N–H and O–H groups in total. The number of benzene rings is 1. The Morgan fingerprint density at radius 3 is 2.56 bits per heavy atom. The lowest BCUT2D eigenvalue weighted by molar-refractivity contribution is -0.131. The van der Waals surface area contributed by atoms with Crippen LogP contribution in [-0.2, 0) is 11.3 Å². The normalized spacial score (nSPS) is 10.3. The summed E-state index contributed by atoms with van der Waals surface area (Å²) in [5, 5.41) is 8.75. The van der Waals surface area contributed by atoms with E-state index in [1.54, 1.807) is 19.1 Å². The Kier molecular flexibility index (Phi) is 5.16. The SMILES string of the molecule is COc1cc(C)c(CN(C)C(=O)CCO)cc1C. The Balaban J connectivity index is 2.85. The van der Waals surface area contributed by atoms with Crippen molar-refractivity contribution in [3.05, 3.63) is 28.8 Å². The van der Waals surface area contributed by atoms with Gasteiger partial charge in [0.05, 0.1) is 13.7 Å². The van der Waals surface area contributed by atoms with Gasteiger partial charge in [-0.25, -0.2) is 0 Å². The standard InChI is InChI=1S/C14H21NO3/c1-10-8-13(18-4)11(2)7-12(10)9-15(3)14(17)5-6-16/h7-8,16H,5-6,9H2,1-4H3. The van der Waals surface area contributed by atoms with Gasteiger partial charge in [0, 0.05) is 20.0 Å². The smallest absolute Gasteiger partial charge is 0.224 e. The van der Waals surface area contributed by atoms with E-state index in [0.717, 1.165) is 22.4 Å². The van der Waals surface area contributed by atoms with Crippen LogP contribution >= 0.6 is 0 Å². The minimum atomic E-state index is -0.107. The van der Waals surface area contributed by atoms with Crippen molar-refractivity contribution in [3.8, 4) is 5.75 Å². The fourth-order valence-corrected chi connectivity index (χ4v) is 1.87. The first-order valence-corrected chi connectivity index (χ1v) is 5.98. The second-order valence-corrected chi connectivity index (χ2v) is 4.47. The largest absolute Gasteiger partial charge is 0.496 e. The molecular weight excluding hydrogens is 230 g/mol. The molecule has 18 heavy (non-hydrogen) atoms. The molecular formula is C14H21NO3. The molecule has 0 radical (unpaired) electrons. The Labute approximate surface area is 108 Å². The van der Waals surface area contributed by atoms with Gasteiger partial charge >= 0.3 is 0 Å². The number of methoxy groups -OCH3 is 1. The number of aliphatic hydroxyl groups excluding tert-OH is 1. The predicted molar refractivity (Wildman–Crippen MR) is 70.6 cm³/mol. The summed E-state index contributed by atoms with van der Waals surface area (Å²) in [6, 6.07) is 4.02. The maximum absolute atomic E-state index is 11.6. The van der Waals surface area contributed by atoms with Crippen LogP contribution in [0.5, 0.6) is 5.75 Å². The second-order valence-electron chi connectivity index (χ2n) is 4.47. The average molecular weight is 251 g/mol. The lowest BCUT2D eigenvalue weighted by atomic mass is 10.0. The molecule has 0 aliphatic heterocycles. The highest BCUT2D eigenvalue weighted by atomic mass is 16.5. The quantitative estimate of drug-likeness (QED) is 0.865. The van der Waals surface area contributed by atoms with E-state index in [-0.39, 0.29) is 18.9 Å². The Morgan fingerprint density at radius 2 is 2.00 bits per heavy atom. The number of carbonyl (C=O) groups excluding carboxylic acids is 1. The summed E-state index contributed by atoms with van der Waals surface area (Å²) in [5.74, 6) is 0.811. The monoisotopic (exact) mass is 251 g/mol. The van der Waals surface area contributed by atoms with Crippen molar-refractivity contribution in [3.63, 3.8) is 0 Å². The third-order valence-electron chi connectivity index (χ3n) is 3.01. The maximum atomic E-state index is 11.6. The molecule has 0 atom stereocenters. The molecule has 0 unspecified atom stereocenters. The van der Waals surface area contributed by atoms with Crippen LogP contribution in [0.2, 0.25) is 0 Å². The molecule has 0 fully saturated rings. The molecule has 0 saturated heterocycles. The fourth-order valence-electron chi connectivity index (χ4n) is 1.87. The molecule has 0 heterocycles. The van der Waals surface area contributed by atoms with Crippen molar-refractivity contribution < 1.29 is 14.6 Å². The van der Waals surface area contributed by atoms with Gasteiger partial charge in [-0.3, -0.25) is 4.79 Å². The van der Waals surface area contributed by atoms with Crippen LogP contribution in [0.4, 0.5) is 0 Å². The number of nitrogens with zero attached hydrogens (tertiary/aromatic N) is 1. The zero-order valence-corrected chi connectivity index (χ0v) is 11.5. The molecule has 0 aromatic heterocycles. The maximum Gasteiger partial charge on any atom is 0.224 e. The molecule has 0 saturated carbocycles. The molecule has 1 amide bonds. The Morgan fingerprint density at radius 1 is 1.33 bits per heavy atom. The van der Waals surface area contributed by atoms with Gasteiger partial charge in [-0.15, -0.1) is 0 Å². The summed E-state index contributed by atoms with van der Waals surface area (Å²) < 4.78 is 5.26. The van der Waals surface area contributed by atoms with E-state index in [1.807, 2.05) is 26.0 Å². The van der Waals surface area contributed by atoms with Crippen LogP contribution in [0.25, 0.3) is 0 Å². The van der Waals surface area contributed by atoms with E-state index in [0.29, 0.717) is 6.54 Å². The summed E-state index contributed by atoms with van der Waals surface area (Å²) in [7, 11) is 3.40. The predicted octanol–water partition coefficient (Wildman–Crippen LogP) is 1.65. The summed E-state index contributed by atoms with van der Waals surface area (Å²) in [5.41, 5.74) is 3.25. The molecule has 4 nitrogen and oxygen atoms in total. The topological polar surface area (TPSA) is 49.8 Å². The van der Waals surface area contributed by atoms with Gasteiger partial charge in [-0.05, 0) is 36.6 Å². The summed E-state index contributed by atoms with van der Waals surface area (Å²) in [4.78, 5) is 13.2. The van der Waals surface area contributed by atoms with E-state index in [2.05, 4.69) is 0 Å². The van der Waals surface area contributed by atoms with E-state index in [9.17, 15) is 4.79 Å². The first kappa shape index (κ1) is 14.5. The van der Waals surface area contributed by atoms with E-state index in [4.69, 9.17) is 9.84 Å². The van der Waals surface area contributed by atoms with Crippen molar-refractivity contribution in [2.75, 3.05) is 20.8 Å². The van der Waals surface area contributed by atoms with Crippen molar-refractivity contribution in [1.82, 2.24) is 4.90 Å². The zero-order chi connectivity index (χ0) is 13.7. The van der Waals surface area contributed by atoms with Gasteiger partial charge in [0.25, 0.3) is 0 Å². The molecule has 0 spiro atoms. The molecule has 100 valence electrons. The number of ether oxygens (including phenoxy) is 1. The molecule has 0 bridgehead atoms. The van der Waals surface area contributed by atoms with Crippen LogP contribution in [-0.4, -0.2) is 36.7 Å². The second kappa shape index (κ2) is 6.40. The Bertz CT molecular complexity index is 429. The fraction of sp³-hybridized carbons (Fsp3) is 0.500. The molecule has 0 aliphatic carbocycles. The number of hydrogen-bond acceptors (Lipinski definition) is 3. The lowest BCUT2D eigenvalue weighted by Gasteiger charge is -2.19. The third-order valence-corrected chi connectivity index (χ3v) is 3.01. The van der Waals surface area contributed by atoms with Crippen LogP contribution in [0.1, 0.15) is 23.1 Å². The minimum absolute atomic E-state index is 0.0506. The summed E-state index contributed by atoms with van der Waals surface area (Å²) in [6.45, 7) is 4.43. The highest BCUT2D eigenvalue weighted by molar-refractivity contribution is 5.76. The number of aliphatic hydroxyl groups is 1. The van der Waals surface area contributed by atoms with Crippen molar-refractivity contribution in [1.29, 1.82) is 0 Å². The van der Waals surface area contributed by atoms with Crippen molar-refractivity contribution in [2.24, 2.45) is 0 Å². The number of carbonyl (C=O) groups is 1. The van der Waals surface area contributed by atoms with Gasteiger partial charge < -0.3 is 14.7 Å². The zero-order valence-electron chi connectivity index (χ0n) is 11.5. The van der Waals surface area contributed by atoms with E-state index < -0.39 is 0 Å². The van der Waals surface area contributed by atoms with E-state index in [1.165, 1.54) is 0 Å². The molecule has 1 aromatic carbocycles. The summed E-state index contributed by atoms with van der Waals surface area (Å²) >= 11 is 0. The molecule has 1 rings (SSSR count). The third kappa shape index (κ3) is 3.47. The van der Waals surface area contributed by atoms with Crippen LogP contribution in [0.3, 0.4) is 0 Å². The number of hydrogen-bond donors (Lipinski definition) is 1. The van der Waals surface area contributed by atoms with Crippen molar-refractivity contribution >= 4 is 5.91 Å². The van der Waals surface area contributed by atoms with Gasteiger partial charge in [-0.2, -0.15) is 0 Å². The molecule has 1 aromatic rings. The van der Waals surface area contributed by atoms with E-state index >= 15 is 0 Å². The summed E-state index contributed by atoms with van der Waals surface area (Å²) in [6.07, 6.45) is 0.171. The molecule has 0 aliphatic rings. The van der Waals surface area contributed by atoms with Gasteiger partial charge in [0.2, 0.25) is 5.91 Å².